The molecular formula is C25H31IN4O3. The molecule has 0 aliphatic rings. The molecule has 0 fully saturated rings. The van der Waals surface area contributed by atoms with Crippen LogP contribution in [0.4, 0.5) is 0 Å². The van der Waals surface area contributed by atoms with Crippen LogP contribution in [0.15, 0.2) is 71.9 Å². The van der Waals surface area contributed by atoms with Crippen molar-refractivity contribution in [3.63, 3.8) is 0 Å². The standard InChI is InChI=1S/C25H30N4O3.HI/c1-26-25(29(2)17-20-10-13-23(30-3)15-24(20)31-4)28-16-19-8-11-22(12-9-19)32-18-21-7-5-6-14-27-21;/h5-15H,16-18H2,1-4H3,(H,26,28);1H. The molecule has 1 N–H and O–H groups in total. The van der Waals surface area contributed by atoms with Gasteiger partial charge in [0.2, 0.25) is 0 Å². The highest BCUT2D eigenvalue weighted by atomic mass is 127. The maximum Gasteiger partial charge on any atom is 0.193 e. The molecular weight excluding hydrogens is 531 g/mol. The lowest BCUT2D eigenvalue weighted by atomic mass is 10.2. The Kier molecular flexibility index (Phi) is 10.8. The summed E-state index contributed by atoms with van der Waals surface area (Å²) in [7, 11) is 7.08. The third-order valence-corrected chi connectivity index (χ3v) is 4.96. The Morgan fingerprint density at radius 3 is 2.39 bits per heavy atom. The van der Waals surface area contributed by atoms with Gasteiger partial charge in [0.25, 0.3) is 0 Å². The Hall–Kier alpha value is -3.01. The first-order valence-electron chi connectivity index (χ1n) is 10.4. The normalized spacial score (nSPS) is 10.7. The van der Waals surface area contributed by atoms with Crippen molar-refractivity contribution in [2.24, 2.45) is 4.99 Å². The smallest absolute Gasteiger partial charge is 0.193 e. The van der Waals surface area contributed by atoms with Gasteiger partial charge >= 0.3 is 0 Å². The van der Waals surface area contributed by atoms with E-state index in [9.17, 15) is 0 Å². The molecule has 0 amide bonds. The number of benzene rings is 2. The van der Waals surface area contributed by atoms with Gasteiger partial charge in [-0.3, -0.25) is 9.98 Å². The highest BCUT2D eigenvalue weighted by molar-refractivity contribution is 14.0. The molecule has 0 unspecified atom stereocenters. The molecule has 1 heterocycles. The third kappa shape index (κ3) is 7.81. The van der Waals surface area contributed by atoms with E-state index in [1.165, 1.54) is 0 Å². The number of rotatable bonds is 9. The third-order valence-electron chi connectivity index (χ3n) is 4.96. The number of hydrogen-bond acceptors (Lipinski definition) is 5. The van der Waals surface area contributed by atoms with Crippen LogP contribution in [0.5, 0.6) is 17.2 Å². The van der Waals surface area contributed by atoms with Crippen LogP contribution in [-0.4, -0.2) is 44.2 Å². The van der Waals surface area contributed by atoms with Crippen LogP contribution in [0.3, 0.4) is 0 Å². The topological polar surface area (TPSA) is 68.2 Å². The van der Waals surface area contributed by atoms with Crippen molar-refractivity contribution in [3.8, 4) is 17.2 Å². The van der Waals surface area contributed by atoms with Crippen molar-refractivity contribution < 1.29 is 14.2 Å². The molecule has 0 aliphatic heterocycles. The molecule has 2 aromatic carbocycles. The highest BCUT2D eigenvalue weighted by Gasteiger charge is 2.11. The average Bonchev–Trinajstić information content (AvgIpc) is 2.84. The monoisotopic (exact) mass is 562 g/mol. The van der Waals surface area contributed by atoms with Gasteiger partial charge < -0.3 is 24.4 Å². The van der Waals surface area contributed by atoms with E-state index in [1.807, 2.05) is 67.7 Å². The van der Waals surface area contributed by atoms with E-state index < -0.39 is 0 Å². The molecule has 3 rings (SSSR count). The van der Waals surface area contributed by atoms with Crippen molar-refractivity contribution in [2.75, 3.05) is 28.3 Å². The minimum absolute atomic E-state index is 0. The van der Waals surface area contributed by atoms with Crippen LogP contribution in [-0.2, 0) is 19.7 Å². The Labute approximate surface area is 212 Å². The number of aromatic nitrogens is 1. The van der Waals surface area contributed by atoms with Crippen molar-refractivity contribution in [1.82, 2.24) is 15.2 Å². The summed E-state index contributed by atoms with van der Waals surface area (Å²) in [6, 6.07) is 19.6. The van der Waals surface area contributed by atoms with Gasteiger partial charge in [0.15, 0.2) is 5.96 Å². The molecule has 0 saturated heterocycles. The molecule has 3 aromatic rings. The van der Waals surface area contributed by atoms with Gasteiger partial charge in [0.1, 0.15) is 23.9 Å². The molecule has 0 bridgehead atoms. The summed E-state index contributed by atoms with van der Waals surface area (Å²) in [6.45, 7) is 1.75. The zero-order valence-corrected chi connectivity index (χ0v) is 21.8. The first-order chi connectivity index (χ1) is 15.6. The van der Waals surface area contributed by atoms with Gasteiger partial charge in [-0.25, -0.2) is 0 Å². The average molecular weight is 562 g/mol. The van der Waals surface area contributed by atoms with Crippen molar-refractivity contribution in [1.29, 1.82) is 0 Å². The van der Waals surface area contributed by atoms with Gasteiger partial charge in [0, 0.05) is 45.0 Å². The fraction of sp³-hybridized carbons (Fsp3) is 0.280. The molecule has 33 heavy (non-hydrogen) atoms. The van der Waals surface area contributed by atoms with Crippen LogP contribution in [0.25, 0.3) is 0 Å². The summed E-state index contributed by atoms with van der Waals surface area (Å²) in [6.07, 6.45) is 1.77. The molecule has 0 atom stereocenters. The molecule has 7 nitrogen and oxygen atoms in total. The Morgan fingerprint density at radius 2 is 1.76 bits per heavy atom. The summed E-state index contributed by atoms with van der Waals surface area (Å²) in [5, 5.41) is 3.40. The number of nitrogens with one attached hydrogen (secondary N) is 1. The number of aliphatic imine (C=N–C) groups is 1. The second-order valence-electron chi connectivity index (χ2n) is 7.19. The van der Waals surface area contributed by atoms with Crippen LogP contribution in [0, 0.1) is 0 Å². The van der Waals surface area contributed by atoms with E-state index in [-0.39, 0.29) is 24.0 Å². The molecule has 0 saturated carbocycles. The van der Waals surface area contributed by atoms with Crippen LogP contribution >= 0.6 is 24.0 Å². The largest absolute Gasteiger partial charge is 0.497 e. The van der Waals surface area contributed by atoms with Crippen LogP contribution in [0.1, 0.15) is 16.8 Å². The molecule has 0 aliphatic carbocycles. The van der Waals surface area contributed by atoms with E-state index in [0.29, 0.717) is 19.7 Å². The van der Waals surface area contributed by atoms with E-state index >= 15 is 0 Å². The second-order valence-corrected chi connectivity index (χ2v) is 7.19. The summed E-state index contributed by atoms with van der Waals surface area (Å²) in [4.78, 5) is 10.7. The first-order valence-corrected chi connectivity index (χ1v) is 10.4. The van der Waals surface area contributed by atoms with E-state index in [2.05, 4.69) is 20.2 Å². The zero-order chi connectivity index (χ0) is 22.8. The number of ether oxygens (including phenoxy) is 3. The lowest BCUT2D eigenvalue weighted by Gasteiger charge is -2.23. The summed E-state index contributed by atoms with van der Waals surface area (Å²) >= 11 is 0. The van der Waals surface area contributed by atoms with E-state index in [0.717, 1.165) is 40.0 Å². The fourth-order valence-corrected chi connectivity index (χ4v) is 3.22. The number of methoxy groups -OCH3 is 2. The quantitative estimate of drug-likeness (QED) is 0.235. The Balaban J connectivity index is 0.00000385. The van der Waals surface area contributed by atoms with Crippen molar-refractivity contribution in [2.45, 2.75) is 19.7 Å². The summed E-state index contributed by atoms with van der Waals surface area (Å²) < 4.78 is 16.6. The van der Waals surface area contributed by atoms with Gasteiger partial charge in [-0.15, -0.1) is 24.0 Å². The minimum atomic E-state index is 0. The molecule has 1 aromatic heterocycles. The molecule has 0 spiro atoms. The maximum atomic E-state index is 5.80. The fourth-order valence-electron chi connectivity index (χ4n) is 3.22. The second kappa shape index (κ2) is 13.5. The maximum absolute atomic E-state index is 5.80. The minimum Gasteiger partial charge on any atom is -0.497 e. The Morgan fingerprint density at radius 1 is 1.00 bits per heavy atom. The van der Waals surface area contributed by atoms with Gasteiger partial charge in [-0.2, -0.15) is 0 Å². The molecule has 176 valence electrons. The zero-order valence-electron chi connectivity index (χ0n) is 19.4. The molecule has 8 heteroatoms. The highest BCUT2D eigenvalue weighted by Crippen LogP contribution is 2.25. The number of guanidine groups is 1. The SMILES string of the molecule is CN=C(NCc1ccc(OCc2ccccn2)cc1)N(C)Cc1ccc(OC)cc1OC.I. The van der Waals surface area contributed by atoms with E-state index in [1.54, 1.807) is 27.5 Å². The van der Waals surface area contributed by atoms with Gasteiger partial charge in [-0.1, -0.05) is 18.2 Å². The van der Waals surface area contributed by atoms with E-state index in [4.69, 9.17) is 14.2 Å². The molecule has 0 radical (unpaired) electrons. The number of hydrogen-bond donors (Lipinski definition) is 1. The van der Waals surface area contributed by atoms with Crippen LogP contribution in [0.2, 0.25) is 0 Å². The lowest BCUT2D eigenvalue weighted by molar-refractivity contribution is 0.301. The number of pyridine rings is 1. The number of halogens is 1. The van der Waals surface area contributed by atoms with Crippen molar-refractivity contribution in [3.05, 3.63) is 83.7 Å². The van der Waals surface area contributed by atoms with Gasteiger partial charge in [-0.05, 0) is 42.0 Å². The summed E-state index contributed by atoms with van der Waals surface area (Å²) in [5.74, 6) is 3.15. The Bertz CT molecular complexity index is 1010. The van der Waals surface area contributed by atoms with Gasteiger partial charge in [0.05, 0.1) is 19.9 Å². The predicted molar refractivity (Wildman–Crippen MR) is 142 cm³/mol. The summed E-state index contributed by atoms with van der Waals surface area (Å²) in [5.41, 5.74) is 3.08. The van der Waals surface area contributed by atoms with Crippen LogP contribution < -0.4 is 19.5 Å². The number of nitrogens with zero attached hydrogens (tertiary/aromatic N) is 3. The first kappa shape index (κ1) is 26.2. The lowest BCUT2D eigenvalue weighted by Crippen LogP contribution is -2.38. The predicted octanol–water partition coefficient (Wildman–Crippen LogP) is 4.50. The van der Waals surface area contributed by atoms with Crippen molar-refractivity contribution >= 4 is 29.9 Å².